The summed E-state index contributed by atoms with van der Waals surface area (Å²) in [5.41, 5.74) is 0.250. The molecule has 100 valence electrons. The number of anilines is 1. The second-order valence-corrected chi connectivity index (χ2v) is 4.37. The van der Waals surface area contributed by atoms with Crippen molar-refractivity contribution in [3.63, 3.8) is 0 Å². The van der Waals surface area contributed by atoms with Gasteiger partial charge in [0.25, 0.3) is 0 Å². The Kier molecular flexibility index (Phi) is 3.25. The molecule has 1 N–H and O–H groups in total. The van der Waals surface area contributed by atoms with Gasteiger partial charge in [0.1, 0.15) is 11.6 Å². The minimum absolute atomic E-state index is 0.145. The lowest BCUT2D eigenvalue weighted by atomic mass is 10.1. The molecule has 0 aliphatic heterocycles. The van der Waals surface area contributed by atoms with E-state index in [-0.39, 0.29) is 12.1 Å². The maximum absolute atomic E-state index is 13.5. The summed E-state index contributed by atoms with van der Waals surface area (Å²) in [6.45, 7) is 0.145. The number of rotatable bonds is 3. The maximum atomic E-state index is 13.5. The maximum Gasteiger partial charge on any atom is 0.156 e. The van der Waals surface area contributed by atoms with Crippen molar-refractivity contribution in [1.29, 1.82) is 0 Å². The molecule has 0 fully saturated rings. The molecule has 0 bridgehead atoms. The first-order valence-electron chi connectivity index (χ1n) is 6.12. The van der Waals surface area contributed by atoms with Crippen LogP contribution in [-0.4, -0.2) is 10.2 Å². The van der Waals surface area contributed by atoms with Crippen LogP contribution >= 0.6 is 0 Å². The average molecular weight is 271 g/mol. The Morgan fingerprint density at radius 1 is 1.05 bits per heavy atom. The van der Waals surface area contributed by atoms with Crippen LogP contribution in [0.25, 0.3) is 10.8 Å². The first kappa shape index (κ1) is 12.5. The molecule has 5 heteroatoms. The van der Waals surface area contributed by atoms with Gasteiger partial charge in [-0.3, -0.25) is 0 Å². The van der Waals surface area contributed by atoms with E-state index in [0.717, 1.165) is 22.9 Å². The molecule has 1 heterocycles. The fourth-order valence-corrected chi connectivity index (χ4v) is 2.02. The number of aromatic nitrogens is 2. The summed E-state index contributed by atoms with van der Waals surface area (Å²) in [6.07, 6.45) is 1.66. The second kappa shape index (κ2) is 5.21. The Labute approximate surface area is 114 Å². The third-order valence-electron chi connectivity index (χ3n) is 3.02. The van der Waals surface area contributed by atoms with Gasteiger partial charge in [-0.05, 0) is 18.2 Å². The van der Waals surface area contributed by atoms with Gasteiger partial charge >= 0.3 is 0 Å². The van der Waals surface area contributed by atoms with Gasteiger partial charge in [-0.25, -0.2) is 8.78 Å². The van der Waals surface area contributed by atoms with Gasteiger partial charge in [-0.1, -0.05) is 24.3 Å². The third kappa shape index (κ3) is 2.42. The number of hydrogen-bond donors (Lipinski definition) is 1. The Bertz CT molecular complexity index is 754. The van der Waals surface area contributed by atoms with Gasteiger partial charge < -0.3 is 5.32 Å². The highest BCUT2D eigenvalue weighted by Gasteiger charge is 2.06. The van der Waals surface area contributed by atoms with Crippen LogP contribution in [0.2, 0.25) is 0 Å². The molecular formula is C15H11F2N3. The van der Waals surface area contributed by atoms with Crippen molar-refractivity contribution in [1.82, 2.24) is 10.2 Å². The quantitative estimate of drug-likeness (QED) is 0.792. The minimum Gasteiger partial charge on any atom is -0.364 e. The van der Waals surface area contributed by atoms with Crippen LogP contribution in [0.5, 0.6) is 0 Å². The molecule has 3 nitrogen and oxygen atoms in total. The molecule has 3 rings (SSSR count). The van der Waals surface area contributed by atoms with Gasteiger partial charge in [0.05, 0.1) is 6.20 Å². The highest BCUT2D eigenvalue weighted by Crippen LogP contribution is 2.20. The molecule has 0 saturated heterocycles. The highest BCUT2D eigenvalue weighted by molar-refractivity contribution is 5.90. The second-order valence-electron chi connectivity index (χ2n) is 4.37. The highest BCUT2D eigenvalue weighted by atomic mass is 19.1. The van der Waals surface area contributed by atoms with Crippen LogP contribution in [0.3, 0.4) is 0 Å². The zero-order valence-electron chi connectivity index (χ0n) is 10.5. The number of benzene rings is 2. The van der Waals surface area contributed by atoms with E-state index in [1.807, 2.05) is 24.3 Å². The van der Waals surface area contributed by atoms with Gasteiger partial charge in [0.15, 0.2) is 5.82 Å². The first-order valence-corrected chi connectivity index (χ1v) is 6.12. The van der Waals surface area contributed by atoms with Crippen molar-refractivity contribution in [3.05, 3.63) is 65.9 Å². The average Bonchev–Trinajstić information content (AvgIpc) is 2.48. The van der Waals surface area contributed by atoms with E-state index >= 15 is 0 Å². The fourth-order valence-electron chi connectivity index (χ4n) is 2.02. The predicted molar refractivity (Wildman–Crippen MR) is 73.2 cm³/mol. The van der Waals surface area contributed by atoms with Gasteiger partial charge in [-0.2, -0.15) is 5.10 Å². The molecule has 1 aromatic heterocycles. The van der Waals surface area contributed by atoms with Gasteiger partial charge in [0.2, 0.25) is 0 Å². The van der Waals surface area contributed by atoms with Crippen LogP contribution in [0, 0.1) is 11.6 Å². The van der Waals surface area contributed by atoms with Crippen LogP contribution in [-0.2, 0) is 6.54 Å². The summed E-state index contributed by atoms with van der Waals surface area (Å²) in [4.78, 5) is 0. The van der Waals surface area contributed by atoms with E-state index in [0.29, 0.717) is 5.82 Å². The van der Waals surface area contributed by atoms with Crippen molar-refractivity contribution >= 4 is 16.6 Å². The lowest BCUT2D eigenvalue weighted by Crippen LogP contribution is -2.05. The number of hydrogen-bond acceptors (Lipinski definition) is 3. The first-order chi connectivity index (χ1) is 9.74. The summed E-state index contributed by atoms with van der Waals surface area (Å²) in [5.74, 6) is -0.369. The van der Waals surface area contributed by atoms with E-state index in [4.69, 9.17) is 0 Å². The molecule has 0 aliphatic rings. The Hall–Kier alpha value is -2.56. The Morgan fingerprint density at radius 3 is 2.80 bits per heavy atom. The lowest BCUT2D eigenvalue weighted by Gasteiger charge is -2.08. The summed E-state index contributed by atoms with van der Waals surface area (Å²) in [5, 5.41) is 12.7. The molecule has 0 aliphatic carbocycles. The predicted octanol–water partition coefficient (Wildman–Crippen LogP) is 3.52. The number of halogens is 2. The van der Waals surface area contributed by atoms with Crippen LogP contribution in [0.4, 0.5) is 14.6 Å². The van der Waals surface area contributed by atoms with Crippen molar-refractivity contribution in [2.45, 2.75) is 6.54 Å². The molecule has 3 aromatic rings. The number of nitrogens with zero attached hydrogens (tertiary/aromatic N) is 2. The molecule has 0 spiro atoms. The Balaban J connectivity index is 1.89. The summed E-state index contributed by atoms with van der Waals surface area (Å²) >= 11 is 0. The molecular weight excluding hydrogens is 260 g/mol. The van der Waals surface area contributed by atoms with Crippen molar-refractivity contribution < 1.29 is 8.78 Å². The summed E-state index contributed by atoms with van der Waals surface area (Å²) in [6, 6.07) is 11.0. The van der Waals surface area contributed by atoms with E-state index < -0.39 is 11.6 Å². The fraction of sp³-hybridized carbons (Fsp3) is 0.0667. The Morgan fingerprint density at radius 2 is 1.90 bits per heavy atom. The largest absolute Gasteiger partial charge is 0.364 e. The van der Waals surface area contributed by atoms with Crippen molar-refractivity contribution in [2.24, 2.45) is 0 Å². The molecule has 0 amide bonds. The van der Waals surface area contributed by atoms with E-state index in [1.165, 1.54) is 6.07 Å². The molecule has 0 radical (unpaired) electrons. The molecule has 0 saturated carbocycles. The topological polar surface area (TPSA) is 37.8 Å². The smallest absolute Gasteiger partial charge is 0.156 e. The molecule has 2 aromatic carbocycles. The minimum atomic E-state index is -0.466. The summed E-state index contributed by atoms with van der Waals surface area (Å²) in [7, 11) is 0. The normalized spacial score (nSPS) is 10.7. The molecule has 20 heavy (non-hydrogen) atoms. The SMILES string of the molecule is Fc1ccc(F)c(CNc2nncc3ccccc23)c1. The standard InChI is InChI=1S/C15H11F2N3/c16-12-5-6-14(17)11(7-12)8-18-15-13-4-2-1-3-10(13)9-19-20-15/h1-7,9H,8H2,(H,18,20). The third-order valence-corrected chi connectivity index (χ3v) is 3.02. The van der Waals surface area contributed by atoms with E-state index in [2.05, 4.69) is 15.5 Å². The van der Waals surface area contributed by atoms with Gasteiger partial charge in [-0.15, -0.1) is 5.10 Å². The summed E-state index contributed by atoms with van der Waals surface area (Å²) < 4.78 is 26.6. The van der Waals surface area contributed by atoms with E-state index in [1.54, 1.807) is 6.20 Å². The van der Waals surface area contributed by atoms with Crippen LogP contribution in [0.15, 0.2) is 48.7 Å². The van der Waals surface area contributed by atoms with Crippen molar-refractivity contribution in [2.75, 3.05) is 5.32 Å². The van der Waals surface area contributed by atoms with Crippen molar-refractivity contribution in [3.8, 4) is 0 Å². The van der Waals surface area contributed by atoms with Crippen LogP contribution in [0.1, 0.15) is 5.56 Å². The van der Waals surface area contributed by atoms with Gasteiger partial charge in [0, 0.05) is 22.9 Å². The molecule has 0 atom stereocenters. The number of nitrogens with one attached hydrogen (secondary N) is 1. The molecule has 0 unspecified atom stereocenters. The zero-order valence-corrected chi connectivity index (χ0v) is 10.5. The number of fused-ring (bicyclic) bond motifs is 1. The van der Waals surface area contributed by atoms with Crippen LogP contribution < -0.4 is 5.32 Å². The monoisotopic (exact) mass is 271 g/mol. The lowest BCUT2D eigenvalue weighted by molar-refractivity contribution is 0.587. The zero-order chi connectivity index (χ0) is 13.9. The van der Waals surface area contributed by atoms with E-state index in [9.17, 15) is 8.78 Å².